The van der Waals surface area contributed by atoms with Crippen LogP contribution in [0.2, 0.25) is 0 Å². The minimum atomic E-state index is -0.986. The number of aliphatic hydroxyl groups excluding tert-OH is 1. The van der Waals surface area contributed by atoms with E-state index in [1.54, 1.807) is 14.2 Å². The Kier molecular flexibility index (Phi) is 7.34. The predicted octanol–water partition coefficient (Wildman–Crippen LogP) is 4.06. The molecule has 3 N–H and O–H groups in total. The number of benzene rings is 3. The van der Waals surface area contributed by atoms with Crippen molar-refractivity contribution in [1.29, 1.82) is 0 Å². The molecule has 6 rings (SSSR count). The average molecular weight is 527 g/mol. The largest absolute Gasteiger partial charge is 0.493 e. The SMILES string of the molecule is COc1cc2cc(NC(O)N[C@@H]3CN(C4COC4)C[C@H]3c3ccccc3)c(-c3ccccc3)nc2cc1OC. The second-order valence-electron chi connectivity index (χ2n) is 10.1. The lowest BCUT2D eigenvalue weighted by atomic mass is 9.94. The number of hydrogen-bond donors (Lipinski definition) is 3. The number of aromatic nitrogens is 1. The van der Waals surface area contributed by atoms with Gasteiger partial charge in [0.05, 0.1) is 50.4 Å². The third-order valence-electron chi connectivity index (χ3n) is 7.74. The molecule has 0 saturated carbocycles. The zero-order chi connectivity index (χ0) is 26.8. The van der Waals surface area contributed by atoms with Crippen LogP contribution in [-0.2, 0) is 4.74 Å². The molecular formula is C31H34N4O4. The van der Waals surface area contributed by atoms with Crippen molar-refractivity contribution in [3.05, 3.63) is 84.4 Å². The number of methoxy groups -OCH3 is 2. The van der Waals surface area contributed by atoms with Crippen LogP contribution in [0.15, 0.2) is 78.9 Å². The third kappa shape index (κ3) is 5.29. The van der Waals surface area contributed by atoms with Gasteiger partial charge in [-0.3, -0.25) is 10.2 Å². The molecule has 4 aromatic rings. The molecule has 0 aliphatic carbocycles. The summed E-state index contributed by atoms with van der Waals surface area (Å²) in [5.41, 5.74) is 4.46. The molecular weight excluding hydrogens is 492 g/mol. The van der Waals surface area contributed by atoms with E-state index < -0.39 is 6.35 Å². The number of anilines is 1. The van der Waals surface area contributed by atoms with Gasteiger partial charge < -0.3 is 24.6 Å². The maximum absolute atomic E-state index is 11.3. The number of nitrogens with zero attached hydrogens (tertiary/aromatic N) is 2. The lowest BCUT2D eigenvalue weighted by Gasteiger charge is -2.34. The number of rotatable bonds is 9. The van der Waals surface area contributed by atoms with E-state index in [4.69, 9.17) is 19.2 Å². The first kappa shape index (κ1) is 25.6. The zero-order valence-electron chi connectivity index (χ0n) is 22.2. The molecule has 8 nitrogen and oxygen atoms in total. The van der Waals surface area contributed by atoms with Crippen LogP contribution in [-0.4, -0.2) is 73.9 Å². The second-order valence-corrected chi connectivity index (χ2v) is 10.1. The highest BCUT2D eigenvalue weighted by Crippen LogP contribution is 2.36. The lowest BCUT2D eigenvalue weighted by molar-refractivity contribution is -0.0581. The summed E-state index contributed by atoms with van der Waals surface area (Å²) in [6.07, 6.45) is -0.986. The Morgan fingerprint density at radius 2 is 1.62 bits per heavy atom. The van der Waals surface area contributed by atoms with Crippen LogP contribution in [0.4, 0.5) is 5.69 Å². The van der Waals surface area contributed by atoms with Crippen molar-refractivity contribution in [2.24, 2.45) is 0 Å². The highest BCUT2D eigenvalue weighted by atomic mass is 16.5. The summed E-state index contributed by atoms with van der Waals surface area (Å²) in [5, 5.41) is 19.0. The highest BCUT2D eigenvalue weighted by Gasteiger charge is 2.39. The van der Waals surface area contributed by atoms with Crippen LogP contribution in [0.1, 0.15) is 11.5 Å². The van der Waals surface area contributed by atoms with Gasteiger partial charge in [0.2, 0.25) is 0 Å². The number of aliphatic hydroxyl groups is 1. The van der Waals surface area contributed by atoms with Crippen LogP contribution in [0, 0.1) is 0 Å². The van der Waals surface area contributed by atoms with Crippen molar-refractivity contribution in [1.82, 2.24) is 15.2 Å². The fourth-order valence-corrected chi connectivity index (χ4v) is 5.59. The molecule has 3 heterocycles. The predicted molar refractivity (Wildman–Crippen MR) is 152 cm³/mol. The van der Waals surface area contributed by atoms with E-state index in [-0.39, 0.29) is 12.0 Å². The van der Waals surface area contributed by atoms with E-state index in [9.17, 15) is 5.11 Å². The van der Waals surface area contributed by atoms with Gasteiger partial charge in [0.1, 0.15) is 0 Å². The molecule has 0 radical (unpaired) electrons. The quantitative estimate of drug-likeness (QED) is 0.282. The Labute approximate surface area is 228 Å². The Morgan fingerprint density at radius 3 is 2.28 bits per heavy atom. The van der Waals surface area contributed by atoms with Gasteiger partial charge in [-0.25, -0.2) is 4.98 Å². The summed E-state index contributed by atoms with van der Waals surface area (Å²) in [7, 11) is 3.23. The topological polar surface area (TPSA) is 88.1 Å². The van der Waals surface area contributed by atoms with E-state index >= 15 is 0 Å². The fraction of sp³-hybridized carbons (Fsp3) is 0.323. The van der Waals surface area contributed by atoms with E-state index in [0.717, 1.165) is 54.2 Å². The van der Waals surface area contributed by atoms with Crippen molar-refractivity contribution < 1.29 is 19.3 Å². The van der Waals surface area contributed by atoms with Crippen LogP contribution >= 0.6 is 0 Å². The van der Waals surface area contributed by atoms with Gasteiger partial charge in [-0.15, -0.1) is 0 Å². The summed E-state index contributed by atoms with van der Waals surface area (Å²) in [5.74, 6) is 1.50. The van der Waals surface area contributed by atoms with Crippen molar-refractivity contribution in [2.45, 2.75) is 24.4 Å². The Balaban J connectivity index is 1.30. The van der Waals surface area contributed by atoms with Crippen LogP contribution in [0.3, 0.4) is 0 Å². The zero-order valence-corrected chi connectivity index (χ0v) is 22.2. The maximum Gasteiger partial charge on any atom is 0.181 e. The van der Waals surface area contributed by atoms with Crippen LogP contribution < -0.4 is 20.1 Å². The van der Waals surface area contributed by atoms with Crippen molar-refractivity contribution in [3.63, 3.8) is 0 Å². The van der Waals surface area contributed by atoms with Gasteiger partial charge in [-0.1, -0.05) is 60.7 Å². The smallest absolute Gasteiger partial charge is 0.181 e. The molecule has 2 aliphatic heterocycles. The highest BCUT2D eigenvalue weighted by molar-refractivity contribution is 5.91. The van der Waals surface area contributed by atoms with Gasteiger partial charge in [0.15, 0.2) is 17.9 Å². The summed E-state index contributed by atoms with van der Waals surface area (Å²) in [6, 6.07) is 26.8. The van der Waals surface area contributed by atoms with Gasteiger partial charge in [-0.05, 0) is 17.7 Å². The molecule has 2 fully saturated rings. The number of hydrogen-bond acceptors (Lipinski definition) is 8. The number of fused-ring (bicyclic) bond motifs is 1. The molecule has 2 saturated heterocycles. The number of nitrogens with one attached hydrogen (secondary N) is 2. The molecule has 8 heteroatoms. The molecule has 3 aromatic carbocycles. The van der Waals surface area contributed by atoms with Crippen molar-refractivity contribution >= 4 is 16.6 Å². The van der Waals surface area contributed by atoms with Crippen LogP contribution in [0.5, 0.6) is 11.5 Å². The molecule has 0 amide bonds. The van der Waals surface area contributed by atoms with Gasteiger partial charge in [0, 0.05) is 42.1 Å². The molecule has 0 spiro atoms. The number of pyridine rings is 1. The summed E-state index contributed by atoms with van der Waals surface area (Å²) < 4.78 is 16.5. The average Bonchev–Trinajstić information content (AvgIpc) is 3.34. The van der Waals surface area contributed by atoms with E-state index in [1.165, 1.54) is 5.56 Å². The first-order valence-electron chi connectivity index (χ1n) is 13.3. The molecule has 3 atom stereocenters. The molecule has 202 valence electrons. The van der Waals surface area contributed by atoms with E-state index in [0.29, 0.717) is 17.5 Å². The Morgan fingerprint density at radius 1 is 0.923 bits per heavy atom. The van der Waals surface area contributed by atoms with Gasteiger partial charge >= 0.3 is 0 Å². The van der Waals surface area contributed by atoms with E-state index in [2.05, 4.69) is 39.8 Å². The standard InChI is InChI=1S/C31H34N4O4/c1-37-28-14-22-13-26(30(21-11-7-4-8-12-21)32-25(22)15-29(28)38-2)33-31(36)34-27-17-35(23-18-39-19-23)16-24(27)20-9-5-3-6-10-20/h3-15,23-24,27,31,33-34,36H,16-19H2,1-2H3/t24-,27+,31?/m0/s1. The molecule has 1 unspecified atom stereocenters. The lowest BCUT2D eigenvalue weighted by Crippen LogP contribution is -2.50. The fourth-order valence-electron chi connectivity index (χ4n) is 5.59. The number of ether oxygens (including phenoxy) is 3. The van der Waals surface area contributed by atoms with Crippen LogP contribution in [0.25, 0.3) is 22.2 Å². The normalized spacial score (nSPS) is 20.5. The Bertz CT molecular complexity index is 1410. The first-order valence-corrected chi connectivity index (χ1v) is 13.3. The molecule has 0 bridgehead atoms. The Hall–Kier alpha value is -3.69. The monoisotopic (exact) mass is 526 g/mol. The minimum absolute atomic E-state index is 0.0634. The maximum atomic E-state index is 11.3. The molecule has 1 aromatic heterocycles. The van der Waals surface area contributed by atoms with Crippen molar-refractivity contribution in [3.8, 4) is 22.8 Å². The van der Waals surface area contributed by atoms with Crippen molar-refractivity contribution in [2.75, 3.05) is 45.8 Å². The van der Waals surface area contributed by atoms with Gasteiger partial charge in [-0.2, -0.15) is 0 Å². The minimum Gasteiger partial charge on any atom is -0.493 e. The summed E-state index contributed by atoms with van der Waals surface area (Å²) >= 11 is 0. The number of likely N-dealkylation sites (tertiary alicyclic amines) is 1. The van der Waals surface area contributed by atoms with E-state index in [1.807, 2.05) is 54.6 Å². The van der Waals surface area contributed by atoms with Gasteiger partial charge in [0.25, 0.3) is 0 Å². The molecule has 39 heavy (non-hydrogen) atoms. The molecule has 2 aliphatic rings. The summed E-state index contributed by atoms with van der Waals surface area (Å²) in [4.78, 5) is 7.44. The summed E-state index contributed by atoms with van der Waals surface area (Å²) in [6.45, 7) is 3.31. The third-order valence-corrected chi connectivity index (χ3v) is 7.74. The first-order chi connectivity index (χ1) is 19.1. The second kappa shape index (κ2) is 11.2.